The molecule has 0 heterocycles. The van der Waals surface area contributed by atoms with E-state index in [4.69, 9.17) is 4.74 Å². The molecule has 0 aliphatic rings. The van der Waals surface area contributed by atoms with Gasteiger partial charge in [0.15, 0.2) is 0 Å². The normalized spacial score (nSPS) is 11.8. The quantitative estimate of drug-likeness (QED) is 0.750. The molecule has 0 amide bonds. The topological polar surface area (TPSA) is 58.6 Å². The van der Waals surface area contributed by atoms with Crippen molar-refractivity contribution in [2.75, 3.05) is 34.3 Å². The van der Waals surface area contributed by atoms with Gasteiger partial charge in [-0.05, 0) is 44.3 Å². The molecule has 0 unspecified atom stereocenters. The number of ether oxygens (including phenoxy) is 1. The molecule has 0 aliphatic carbocycles. The Labute approximate surface area is 109 Å². The third kappa shape index (κ3) is 3.97. The van der Waals surface area contributed by atoms with Gasteiger partial charge in [0.1, 0.15) is 5.75 Å². The SMILES string of the molecule is CNCCCOc1ccc(S(=O)(=O)N(C)C)cc1. The van der Waals surface area contributed by atoms with Crippen molar-refractivity contribution in [3.8, 4) is 5.75 Å². The van der Waals surface area contributed by atoms with Crippen molar-refractivity contribution >= 4 is 10.0 Å². The first-order valence-electron chi connectivity index (χ1n) is 5.78. The van der Waals surface area contributed by atoms with Crippen LogP contribution in [-0.4, -0.2) is 47.0 Å². The van der Waals surface area contributed by atoms with Gasteiger partial charge in [-0.25, -0.2) is 12.7 Å². The Kier molecular flexibility index (Phi) is 5.58. The van der Waals surface area contributed by atoms with E-state index in [1.54, 1.807) is 24.3 Å². The van der Waals surface area contributed by atoms with Gasteiger partial charge in [-0.15, -0.1) is 0 Å². The number of hydrogen-bond acceptors (Lipinski definition) is 4. The fraction of sp³-hybridized carbons (Fsp3) is 0.500. The van der Waals surface area contributed by atoms with Gasteiger partial charge < -0.3 is 10.1 Å². The number of nitrogens with one attached hydrogen (secondary N) is 1. The lowest BCUT2D eigenvalue weighted by Crippen LogP contribution is -2.22. The molecule has 0 saturated heterocycles. The second-order valence-electron chi connectivity index (χ2n) is 4.06. The number of hydrogen-bond donors (Lipinski definition) is 1. The van der Waals surface area contributed by atoms with Crippen molar-refractivity contribution in [1.29, 1.82) is 0 Å². The minimum atomic E-state index is -3.35. The molecule has 0 atom stereocenters. The summed E-state index contributed by atoms with van der Waals surface area (Å²) in [6.07, 6.45) is 0.911. The van der Waals surface area contributed by atoms with Crippen LogP contribution in [0, 0.1) is 0 Å². The van der Waals surface area contributed by atoms with Crippen LogP contribution in [0.1, 0.15) is 6.42 Å². The van der Waals surface area contributed by atoms with Crippen LogP contribution in [0.2, 0.25) is 0 Å². The predicted octanol–water partition coefficient (Wildman–Crippen LogP) is 0.925. The lowest BCUT2D eigenvalue weighted by Gasteiger charge is -2.12. The first-order chi connectivity index (χ1) is 8.48. The van der Waals surface area contributed by atoms with Crippen LogP contribution in [0.4, 0.5) is 0 Å². The van der Waals surface area contributed by atoms with Crippen LogP contribution in [-0.2, 0) is 10.0 Å². The highest BCUT2D eigenvalue weighted by Gasteiger charge is 2.16. The second kappa shape index (κ2) is 6.72. The largest absolute Gasteiger partial charge is 0.494 e. The maximum absolute atomic E-state index is 11.8. The van der Waals surface area contributed by atoms with E-state index in [1.807, 2.05) is 7.05 Å². The molecular weight excluding hydrogens is 252 g/mol. The van der Waals surface area contributed by atoms with Gasteiger partial charge in [0.25, 0.3) is 0 Å². The van der Waals surface area contributed by atoms with Crippen molar-refractivity contribution in [1.82, 2.24) is 9.62 Å². The van der Waals surface area contributed by atoms with Gasteiger partial charge in [-0.1, -0.05) is 0 Å². The summed E-state index contributed by atoms with van der Waals surface area (Å²) in [5.41, 5.74) is 0. The lowest BCUT2D eigenvalue weighted by molar-refractivity contribution is 0.309. The van der Waals surface area contributed by atoms with Gasteiger partial charge in [0.05, 0.1) is 11.5 Å². The molecule has 0 aliphatic heterocycles. The Bertz CT molecular complexity index is 455. The molecular formula is C12H20N2O3S. The number of rotatable bonds is 7. The molecule has 1 aromatic carbocycles. The number of sulfonamides is 1. The van der Waals surface area contributed by atoms with E-state index in [9.17, 15) is 8.42 Å². The number of benzene rings is 1. The zero-order chi connectivity index (χ0) is 13.6. The molecule has 0 bridgehead atoms. The summed E-state index contributed by atoms with van der Waals surface area (Å²) in [6.45, 7) is 1.51. The molecule has 1 N–H and O–H groups in total. The highest BCUT2D eigenvalue weighted by molar-refractivity contribution is 7.89. The summed E-state index contributed by atoms with van der Waals surface area (Å²) in [6, 6.07) is 6.47. The van der Waals surface area contributed by atoms with E-state index in [1.165, 1.54) is 18.4 Å². The first-order valence-corrected chi connectivity index (χ1v) is 7.22. The molecule has 18 heavy (non-hydrogen) atoms. The standard InChI is InChI=1S/C12H20N2O3S/c1-13-9-4-10-17-11-5-7-12(8-6-11)18(15,16)14(2)3/h5-8,13H,4,9-10H2,1-3H3. The third-order valence-electron chi connectivity index (χ3n) is 2.44. The molecule has 5 nitrogen and oxygen atoms in total. The molecule has 0 spiro atoms. The van der Waals surface area contributed by atoms with E-state index in [2.05, 4.69) is 5.32 Å². The minimum Gasteiger partial charge on any atom is -0.494 e. The van der Waals surface area contributed by atoms with Crippen molar-refractivity contribution in [3.63, 3.8) is 0 Å². The smallest absolute Gasteiger partial charge is 0.242 e. The zero-order valence-corrected chi connectivity index (χ0v) is 11.8. The fourth-order valence-corrected chi connectivity index (χ4v) is 2.26. The summed E-state index contributed by atoms with van der Waals surface area (Å²) in [5, 5.41) is 3.03. The summed E-state index contributed by atoms with van der Waals surface area (Å²) >= 11 is 0. The van der Waals surface area contributed by atoms with Gasteiger partial charge in [0.2, 0.25) is 10.0 Å². The van der Waals surface area contributed by atoms with Crippen LogP contribution in [0.25, 0.3) is 0 Å². The van der Waals surface area contributed by atoms with Crippen molar-refractivity contribution in [2.45, 2.75) is 11.3 Å². The van der Waals surface area contributed by atoms with Crippen LogP contribution in [0.5, 0.6) is 5.75 Å². The highest BCUT2D eigenvalue weighted by Crippen LogP contribution is 2.18. The average Bonchev–Trinajstić information content (AvgIpc) is 2.35. The molecule has 6 heteroatoms. The minimum absolute atomic E-state index is 0.273. The summed E-state index contributed by atoms with van der Waals surface area (Å²) in [4.78, 5) is 0.273. The first kappa shape index (κ1) is 14.9. The van der Waals surface area contributed by atoms with Crippen molar-refractivity contribution in [3.05, 3.63) is 24.3 Å². The summed E-state index contributed by atoms with van der Waals surface area (Å²) < 4.78 is 30.3. The Morgan fingerprint density at radius 2 is 1.83 bits per heavy atom. The molecule has 102 valence electrons. The van der Waals surface area contributed by atoms with E-state index in [0.717, 1.165) is 13.0 Å². The molecule has 1 rings (SSSR count). The molecule has 0 saturated carbocycles. The van der Waals surface area contributed by atoms with Gasteiger partial charge in [-0.3, -0.25) is 0 Å². The van der Waals surface area contributed by atoms with E-state index >= 15 is 0 Å². The Morgan fingerprint density at radius 1 is 1.22 bits per heavy atom. The Hall–Kier alpha value is -1.11. The predicted molar refractivity (Wildman–Crippen MR) is 71.4 cm³/mol. The fourth-order valence-electron chi connectivity index (χ4n) is 1.36. The number of nitrogens with zero attached hydrogens (tertiary/aromatic N) is 1. The summed E-state index contributed by atoms with van der Waals surface area (Å²) in [7, 11) is 1.56. The molecule has 1 aromatic rings. The van der Waals surface area contributed by atoms with Gasteiger partial charge in [0, 0.05) is 14.1 Å². The van der Waals surface area contributed by atoms with Gasteiger partial charge >= 0.3 is 0 Å². The maximum atomic E-state index is 11.8. The van der Waals surface area contributed by atoms with Crippen molar-refractivity contribution in [2.24, 2.45) is 0 Å². The molecule has 0 aromatic heterocycles. The molecule has 0 radical (unpaired) electrons. The van der Waals surface area contributed by atoms with E-state index in [0.29, 0.717) is 12.4 Å². The van der Waals surface area contributed by atoms with Gasteiger partial charge in [-0.2, -0.15) is 0 Å². The van der Waals surface area contributed by atoms with Crippen LogP contribution in [0.3, 0.4) is 0 Å². The molecule has 0 fully saturated rings. The van der Waals surface area contributed by atoms with Crippen LogP contribution in [0.15, 0.2) is 29.2 Å². The average molecular weight is 272 g/mol. The van der Waals surface area contributed by atoms with E-state index < -0.39 is 10.0 Å². The maximum Gasteiger partial charge on any atom is 0.242 e. The Morgan fingerprint density at radius 3 is 2.33 bits per heavy atom. The second-order valence-corrected chi connectivity index (χ2v) is 6.22. The third-order valence-corrected chi connectivity index (χ3v) is 4.27. The van der Waals surface area contributed by atoms with Crippen LogP contribution >= 0.6 is 0 Å². The summed E-state index contributed by atoms with van der Waals surface area (Å²) in [5.74, 6) is 0.684. The monoisotopic (exact) mass is 272 g/mol. The van der Waals surface area contributed by atoms with Crippen molar-refractivity contribution < 1.29 is 13.2 Å². The Balaban J connectivity index is 2.63. The highest BCUT2D eigenvalue weighted by atomic mass is 32.2. The van der Waals surface area contributed by atoms with E-state index in [-0.39, 0.29) is 4.90 Å². The van der Waals surface area contributed by atoms with Crippen LogP contribution < -0.4 is 10.1 Å². The zero-order valence-electron chi connectivity index (χ0n) is 11.0. The lowest BCUT2D eigenvalue weighted by atomic mass is 10.3.